The summed E-state index contributed by atoms with van der Waals surface area (Å²) in [6.45, 7) is 3.70. The monoisotopic (exact) mass is 475 g/mol. The molecule has 1 aromatic rings. The minimum atomic E-state index is -0.870. The van der Waals surface area contributed by atoms with Gasteiger partial charge in [0.25, 0.3) is 0 Å². The van der Waals surface area contributed by atoms with Crippen LogP contribution in [-0.4, -0.2) is 59.1 Å². The van der Waals surface area contributed by atoms with Crippen molar-refractivity contribution >= 4 is 11.7 Å². The zero-order chi connectivity index (χ0) is 24.9. The molecule has 8 nitrogen and oxygen atoms in total. The molecule has 1 aliphatic carbocycles. The second-order valence-corrected chi connectivity index (χ2v) is 8.63. The molecule has 0 bridgehead atoms. The first-order valence-corrected chi connectivity index (χ1v) is 11.7. The number of ether oxygens (including phenoxy) is 3. The molecule has 34 heavy (non-hydrogen) atoms. The average Bonchev–Trinajstić information content (AvgIpc) is 3.12. The van der Waals surface area contributed by atoms with Gasteiger partial charge in [0.15, 0.2) is 0 Å². The van der Waals surface area contributed by atoms with E-state index in [4.69, 9.17) is 14.2 Å². The molecule has 0 aromatic heterocycles. The molecule has 0 unspecified atom stereocenters. The lowest BCUT2D eigenvalue weighted by molar-refractivity contribution is -0.147. The quantitative estimate of drug-likeness (QED) is 0.130. The summed E-state index contributed by atoms with van der Waals surface area (Å²) in [6.07, 6.45) is 8.38. The summed E-state index contributed by atoms with van der Waals surface area (Å²) < 4.78 is 15.9. The first-order chi connectivity index (χ1) is 16.3. The van der Waals surface area contributed by atoms with Gasteiger partial charge in [-0.3, -0.25) is 4.79 Å². The largest absolute Gasteiger partial charge is 0.497 e. The highest BCUT2D eigenvalue weighted by Gasteiger charge is 2.38. The van der Waals surface area contributed by atoms with Gasteiger partial charge in [0.2, 0.25) is 0 Å². The van der Waals surface area contributed by atoms with Gasteiger partial charge in [-0.05, 0) is 45.2 Å². The molecule has 0 saturated heterocycles. The standard InChI is InChI=1S/C26H37NO7/c1-18(2)34-26(30)12-7-5-4-6-11-23-22(24(27-31)16-25(23)29)14-13-19(28)17-33-21-10-8-9-20(15-21)32-3/h4,6,8-10,13-15,18-19,22-23,25,28-29,31H,5,7,11-12,16-17H2,1-3H3/b6-4-,14-13+,27-24-/t19-,22-,23-,25+/m1/s1. The molecule has 0 spiro atoms. The third kappa shape index (κ3) is 9.19. The lowest BCUT2D eigenvalue weighted by Gasteiger charge is -2.18. The van der Waals surface area contributed by atoms with E-state index in [2.05, 4.69) is 5.16 Å². The molecule has 0 radical (unpaired) electrons. The first-order valence-electron chi connectivity index (χ1n) is 11.7. The number of methoxy groups -OCH3 is 1. The van der Waals surface area contributed by atoms with Crippen molar-refractivity contribution in [3.05, 3.63) is 48.6 Å². The fraction of sp³-hybridized carbons (Fsp3) is 0.538. The predicted molar refractivity (Wildman–Crippen MR) is 129 cm³/mol. The number of benzene rings is 1. The molecular weight excluding hydrogens is 438 g/mol. The molecular formula is C26H37NO7. The Hall–Kier alpha value is -2.84. The molecule has 0 aliphatic heterocycles. The van der Waals surface area contributed by atoms with Crippen LogP contribution in [0.4, 0.5) is 0 Å². The van der Waals surface area contributed by atoms with Crippen molar-refractivity contribution < 1.29 is 34.4 Å². The number of oxime groups is 1. The molecule has 1 aromatic carbocycles. The fourth-order valence-electron chi connectivity index (χ4n) is 3.89. The van der Waals surface area contributed by atoms with Crippen LogP contribution >= 0.6 is 0 Å². The Morgan fingerprint density at radius 2 is 2.03 bits per heavy atom. The molecule has 3 N–H and O–H groups in total. The highest BCUT2D eigenvalue weighted by molar-refractivity contribution is 5.90. The van der Waals surface area contributed by atoms with Crippen LogP contribution in [0.1, 0.15) is 46.0 Å². The van der Waals surface area contributed by atoms with E-state index in [0.29, 0.717) is 36.5 Å². The van der Waals surface area contributed by atoms with Gasteiger partial charge in [0.1, 0.15) is 24.2 Å². The number of carbonyl (C=O) groups excluding carboxylic acids is 1. The van der Waals surface area contributed by atoms with Crippen LogP contribution in [0.25, 0.3) is 0 Å². The zero-order valence-corrected chi connectivity index (χ0v) is 20.2. The lowest BCUT2D eigenvalue weighted by Crippen LogP contribution is -2.20. The van der Waals surface area contributed by atoms with E-state index in [1.807, 2.05) is 26.0 Å². The van der Waals surface area contributed by atoms with Gasteiger partial charge in [-0.25, -0.2) is 0 Å². The Morgan fingerprint density at radius 1 is 1.26 bits per heavy atom. The molecule has 1 saturated carbocycles. The first kappa shape index (κ1) is 27.4. The van der Waals surface area contributed by atoms with E-state index in [0.717, 1.165) is 6.42 Å². The number of allylic oxidation sites excluding steroid dienone is 3. The predicted octanol–water partition coefficient (Wildman–Crippen LogP) is 3.89. The Kier molecular flexibility index (Phi) is 11.6. The maximum Gasteiger partial charge on any atom is 0.306 e. The molecule has 1 aliphatic rings. The summed E-state index contributed by atoms with van der Waals surface area (Å²) in [5.41, 5.74) is 0.486. The zero-order valence-electron chi connectivity index (χ0n) is 20.2. The Labute approximate surface area is 201 Å². The normalized spacial score (nSPS) is 22.6. The summed E-state index contributed by atoms with van der Waals surface area (Å²) in [4.78, 5) is 11.6. The van der Waals surface area contributed by atoms with Crippen LogP contribution in [0.5, 0.6) is 11.5 Å². The minimum Gasteiger partial charge on any atom is -0.497 e. The van der Waals surface area contributed by atoms with E-state index in [1.165, 1.54) is 0 Å². The van der Waals surface area contributed by atoms with E-state index < -0.39 is 12.2 Å². The van der Waals surface area contributed by atoms with Crippen molar-refractivity contribution in [2.45, 2.75) is 64.3 Å². The minimum absolute atomic E-state index is 0.0500. The number of carbonyl (C=O) groups is 1. The van der Waals surface area contributed by atoms with Gasteiger partial charge in [0.05, 0.1) is 25.0 Å². The Bertz CT molecular complexity index is 849. The summed E-state index contributed by atoms with van der Waals surface area (Å²) in [7, 11) is 1.57. The summed E-state index contributed by atoms with van der Waals surface area (Å²) in [6, 6.07) is 7.11. The smallest absolute Gasteiger partial charge is 0.306 e. The van der Waals surface area contributed by atoms with Crippen LogP contribution in [0, 0.1) is 11.8 Å². The SMILES string of the molecule is COc1cccc(OC[C@H](O)/C=C/[C@H]2/C(=N\O)C[C@H](O)[C@@H]2C/C=C\CCCC(=O)OC(C)C)c1. The summed E-state index contributed by atoms with van der Waals surface area (Å²) in [5, 5.41) is 33.5. The average molecular weight is 476 g/mol. The Morgan fingerprint density at radius 3 is 2.74 bits per heavy atom. The molecule has 0 amide bonds. The van der Waals surface area contributed by atoms with Gasteiger partial charge in [-0.1, -0.05) is 35.5 Å². The van der Waals surface area contributed by atoms with Gasteiger partial charge in [-0.2, -0.15) is 0 Å². The van der Waals surface area contributed by atoms with Gasteiger partial charge < -0.3 is 29.6 Å². The van der Waals surface area contributed by atoms with Crippen molar-refractivity contribution in [2.24, 2.45) is 17.0 Å². The number of nitrogens with zero attached hydrogens (tertiary/aromatic N) is 1. The highest BCUT2D eigenvalue weighted by Crippen LogP contribution is 2.34. The van der Waals surface area contributed by atoms with E-state index in [9.17, 15) is 20.2 Å². The van der Waals surface area contributed by atoms with Crippen molar-refractivity contribution in [1.82, 2.24) is 0 Å². The van der Waals surface area contributed by atoms with Crippen molar-refractivity contribution in [3.8, 4) is 11.5 Å². The molecule has 188 valence electrons. The van der Waals surface area contributed by atoms with Crippen LogP contribution < -0.4 is 9.47 Å². The molecule has 8 heteroatoms. The maximum atomic E-state index is 11.6. The van der Waals surface area contributed by atoms with Crippen LogP contribution in [-0.2, 0) is 9.53 Å². The maximum absolute atomic E-state index is 11.6. The second kappa shape index (κ2) is 14.4. The van der Waals surface area contributed by atoms with Gasteiger partial charge in [-0.15, -0.1) is 0 Å². The topological polar surface area (TPSA) is 118 Å². The molecule has 0 heterocycles. The number of aliphatic hydroxyl groups excluding tert-OH is 2. The third-order valence-electron chi connectivity index (χ3n) is 5.58. The van der Waals surface area contributed by atoms with Crippen molar-refractivity contribution in [3.63, 3.8) is 0 Å². The highest BCUT2D eigenvalue weighted by atomic mass is 16.5. The van der Waals surface area contributed by atoms with Crippen LogP contribution in [0.3, 0.4) is 0 Å². The summed E-state index contributed by atoms with van der Waals surface area (Å²) >= 11 is 0. The molecule has 4 atom stereocenters. The molecule has 1 fully saturated rings. The van der Waals surface area contributed by atoms with Crippen LogP contribution in [0.2, 0.25) is 0 Å². The lowest BCUT2D eigenvalue weighted by atomic mass is 9.90. The van der Waals surface area contributed by atoms with Crippen molar-refractivity contribution in [2.75, 3.05) is 13.7 Å². The fourth-order valence-corrected chi connectivity index (χ4v) is 3.89. The number of hydrogen-bond acceptors (Lipinski definition) is 8. The van der Waals surface area contributed by atoms with E-state index in [1.54, 1.807) is 43.5 Å². The summed E-state index contributed by atoms with van der Waals surface area (Å²) in [5.74, 6) is 0.587. The molecule has 2 rings (SSSR count). The Balaban J connectivity index is 1.85. The number of unbranched alkanes of at least 4 members (excludes halogenated alkanes) is 1. The van der Waals surface area contributed by atoms with Gasteiger partial charge >= 0.3 is 5.97 Å². The van der Waals surface area contributed by atoms with Crippen LogP contribution in [0.15, 0.2) is 53.7 Å². The van der Waals surface area contributed by atoms with Gasteiger partial charge in [0, 0.05) is 30.7 Å². The number of rotatable bonds is 13. The number of esters is 1. The third-order valence-corrected chi connectivity index (χ3v) is 5.58. The number of hydrogen-bond donors (Lipinski definition) is 3. The number of aliphatic hydroxyl groups is 2. The van der Waals surface area contributed by atoms with E-state index >= 15 is 0 Å². The van der Waals surface area contributed by atoms with E-state index in [-0.39, 0.29) is 36.9 Å². The second-order valence-electron chi connectivity index (χ2n) is 8.63. The van der Waals surface area contributed by atoms with Crippen molar-refractivity contribution in [1.29, 1.82) is 0 Å².